The summed E-state index contributed by atoms with van der Waals surface area (Å²) in [5, 5.41) is 5.54. The van der Waals surface area contributed by atoms with Crippen LogP contribution in [0.15, 0.2) is 48.5 Å². The lowest BCUT2D eigenvalue weighted by Crippen LogP contribution is -2.22. The second-order valence-corrected chi connectivity index (χ2v) is 5.26. The highest BCUT2D eigenvalue weighted by atomic mass is 16.5. The molecule has 126 valence electrons. The minimum absolute atomic E-state index is 0.127. The molecule has 0 fully saturated rings. The summed E-state index contributed by atoms with van der Waals surface area (Å²) in [4.78, 5) is 23.9. The van der Waals surface area contributed by atoms with Crippen LogP contribution in [0.1, 0.15) is 41.0 Å². The number of rotatable bonds is 7. The van der Waals surface area contributed by atoms with Crippen LogP contribution in [0.5, 0.6) is 5.75 Å². The number of carbonyl (C=O) groups is 2. The van der Waals surface area contributed by atoms with Crippen molar-refractivity contribution in [3.8, 4) is 5.75 Å². The molecule has 0 unspecified atom stereocenters. The van der Waals surface area contributed by atoms with Crippen LogP contribution in [0.2, 0.25) is 0 Å². The molecule has 2 amide bonds. The summed E-state index contributed by atoms with van der Waals surface area (Å²) in [6, 6.07) is 13.8. The van der Waals surface area contributed by atoms with Crippen LogP contribution in [-0.2, 0) is 0 Å². The Morgan fingerprint density at radius 3 is 2.04 bits per heavy atom. The van der Waals surface area contributed by atoms with Gasteiger partial charge in [-0.25, -0.2) is 0 Å². The molecule has 0 atom stereocenters. The van der Waals surface area contributed by atoms with Gasteiger partial charge in [0.15, 0.2) is 0 Å². The van der Waals surface area contributed by atoms with Crippen molar-refractivity contribution >= 4 is 17.5 Å². The third-order valence-corrected chi connectivity index (χ3v) is 3.33. The summed E-state index contributed by atoms with van der Waals surface area (Å²) in [5.74, 6) is 0.417. The van der Waals surface area contributed by atoms with E-state index in [-0.39, 0.29) is 11.8 Å². The molecule has 2 aromatic carbocycles. The zero-order chi connectivity index (χ0) is 17.4. The molecule has 0 spiro atoms. The van der Waals surface area contributed by atoms with Gasteiger partial charge in [0.05, 0.1) is 6.61 Å². The highest BCUT2D eigenvalue weighted by Crippen LogP contribution is 2.15. The Kier molecular flexibility index (Phi) is 6.37. The first-order chi connectivity index (χ1) is 11.6. The standard InChI is InChI=1S/C19H22N2O3/c1-3-13-24-17-11-7-15(8-12-17)19(23)21-16-9-5-14(6-10-16)18(22)20-4-2/h5-12H,3-4,13H2,1-2H3,(H,20,22)(H,21,23). The van der Waals surface area contributed by atoms with Crippen molar-refractivity contribution in [3.63, 3.8) is 0 Å². The summed E-state index contributed by atoms with van der Waals surface area (Å²) < 4.78 is 5.49. The lowest BCUT2D eigenvalue weighted by molar-refractivity contribution is 0.0955. The summed E-state index contributed by atoms with van der Waals surface area (Å²) in [6.07, 6.45) is 0.939. The Balaban J connectivity index is 1.97. The van der Waals surface area contributed by atoms with Crippen molar-refractivity contribution in [2.45, 2.75) is 20.3 Å². The molecule has 0 radical (unpaired) electrons. The van der Waals surface area contributed by atoms with Gasteiger partial charge in [0.1, 0.15) is 5.75 Å². The van der Waals surface area contributed by atoms with Crippen LogP contribution < -0.4 is 15.4 Å². The fraction of sp³-hybridized carbons (Fsp3) is 0.263. The molecular formula is C19H22N2O3. The van der Waals surface area contributed by atoms with Crippen molar-refractivity contribution in [2.75, 3.05) is 18.5 Å². The fourth-order valence-corrected chi connectivity index (χ4v) is 2.09. The maximum atomic E-state index is 12.2. The van der Waals surface area contributed by atoms with Crippen molar-refractivity contribution in [1.82, 2.24) is 5.32 Å². The van der Waals surface area contributed by atoms with Crippen molar-refractivity contribution in [1.29, 1.82) is 0 Å². The number of ether oxygens (including phenoxy) is 1. The Bertz CT molecular complexity index is 679. The molecule has 0 aliphatic heterocycles. The number of hydrogen-bond donors (Lipinski definition) is 2. The minimum atomic E-state index is -0.206. The predicted molar refractivity (Wildman–Crippen MR) is 94.6 cm³/mol. The minimum Gasteiger partial charge on any atom is -0.494 e. The molecule has 24 heavy (non-hydrogen) atoms. The molecule has 0 bridgehead atoms. The number of benzene rings is 2. The SMILES string of the molecule is CCCOc1ccc(C(=O)Nc2ccc(C(=O)NCC)cc2)cc1. The maximum absolute atomic E-state index is 12.2. The van der Waals surface area contributed by atoms with Crippen molar-refractivity contribution in [3.05, 3.63) is 59.7 Å². The molecule has 0 aliphatic carbocycles. The molecule has 5 nitrogen and oxygen atoms in total. The molecule has 0 aliphatic rings. The Morgan fingerprint density at radius 1 is 0.875 bits per heavy atom. The van der Waals surface area contributed by atoms with E-state index in [4.69, 9.17) is 4.74 Å². The van der Waals surface area contributed by atoms with Crippen LogP contribution >= 0.6 is 0 Å². The van der Waals surface area contributed by atoms with Gasteiger partial charge in [-0.05, 0) is 61.9 Å². The zero-order valence-corrected chi connectivity index (χ0v) is 14.0. The van der Waals surface area contributed by atoms with Crippen molar-refractivity contribution in [2.24, 2.45) is 0 Å². The smallest absolute Gasteiger partial charge is 0.255 e. The molecule has 5 heteroatoms. The van der Waals surface area contributed by atoms with Gasteiger partial charge < -0.3 is 15.4 Å². The predicted octanol–water partition coefficient (Wildman–Crippen LogP) is 3.48. The molecule has 2 rings (SSSR count). The van der Waals surface area contributed by atoms with Crippen LogP contribution in [0, 0.1) is 0 Å². The summed E-state index contributed by atoms with van der Waals surface area (Å²) in [7, 11) is 0. The Morgan fingerprint density at radius 2 is 1.46 bits per heavy atom. The van der Waals surface area contributed by atoms with E-state index in [0.717, 1.165) is 12.2 Å². The molecule has 0 saturated heterocycles. The van der Waals surface area contributed by atoms with Gasteiger partial charge in [0, 0.05) is 23.4 Å². The number of anilines is 1. The lowest BCUT2D eigenvalue weighted by Gasteiger charge is -2.08. The van der Waals surface area contributed by atoms with E-state index in [0.29, 0.717) is 30.0 Å². The fourth-order valence-electron chi connectivity index (χ4n) is 2.09. The lowest BCUT2D eigenvalue weighted by atomic mass is 10.1. The Hall–Kier alpha value is -2.82. The summed E-state index contributed by atoms with van der Waals surface area (Å²) in [6.45, 7) is 5.14. The molecule has 2 aromatic rings. The second kappa shape index (κ2) is 8.72. The zero-order valence-electron chi connectivity index (χ0n) is 14.0. The third-order valence-electron chi connectivity index (χ3n) is 3.33. The van der Waals surface area contributed by atoms with Crippen LogP contribution in [0.3, 0.4) is 0 Å². The number of carbonyl (C=O) groups excluding carboxylic acids is 2. The van der Waals surface area contributed by atoms with Crippen molar-refractivity contribution < 1.29 is 14.3 Å². The van der Waals surface area contributed by atoms with Gasteiger partial charge in [0.2, 0.25) is 0 Å². The van der Waals surface area contributed by atoms with Crippen LogP contribution in [0.4, 0.5) is 5.69 Å². The highest BCUT2D eigenvalue weighted by Gasteiger charge is 2.08. The maximum Gasteiger partial charge on any atom is 0.255 e. The van der Waals surface area contributed by atoms with Gasteiger partial charge in [-0.15, -0.1) is 0 Å². The average Bonchev–Trinajstić information content (AvgIpc) is 2.61. The van der Waals surface area contributed by atoms with E-state index in [2.05, 4.69) is 10.6 Å². The van der Waals surface area contributed by atoms with E-state index >= 15 is 0 Å². The monoisotopic (exact) mass is 326 g/mol. The van der Waals surface area contributed by atoms with Crippen LogP contribution in [0.25, 0.3) is 0 Å². The largest absolute Gasteiger partial charge is 0.494 e. The first kappa shape index (κ1) is 17.5. The number of hydrogen-bond acceptors (Lipinski definition) is 3. The quantitative estimate of drug-likeness (QED) is 0.818. The average molecular weight is 326 g/mol. The normalized spacial score (nSPS) is 10.1. The van der Waals surface area contributed by atoms with E-state index in [9.17, 15) is 9.59 Å². The molecular weight excluding hydrogens is 304 g/mol. The topological polar surface area (TPSA) is 67.4 Å². The third kappa shape index (κ3) is 4.84. The van der Waals surface area contributed by atoms with Gasteiger partial charge in [-0.1, -0.05) is 6.92 Å². The Labute approximate surface area is 142 Å². The second-order valence-electron chi connectivity index (χ2n) is 5.26. The first-order valence-corrected chi connectivity index (χ1v) is 8.06. The molecule has 0 heterocycles. The number of nitrogens with one attached hydrogen (secondary N) is 2. The summed E-state index contributed by atoms with van der Waals surface area (Å²) in [5.41, 5.74) is 1.75. The molecule has 0 saturated carbocycles. The van der Waals surface area contributed by atoms with Crippen LogP contribution in [-0.4, -0.2) is 25.0 Å². The van der Waals surface area contributed by atoms with Gasteiger partial charge >= 0.3 is 0 Å². The van der Waals surface area contributed by atoms with Gasteiger partial charge in [-0.2, -0.15) is 0 Å². The van der Waals surface area contributed by atoms with E-state index in [1.807, 2.05) is 13.8 Å². The van der Waals surface area contributed by atoms with E-state index in [1.54, 1.807) is 48.5 Å². The number of amides is 2. The van der Waals surface area contributed by atoms with E-state index < -0.39 is 0 Å². The molecule has 0 aromatic heterocycles. The van der Waals surface area contributed by atoms with Gasteiger partial charge in [-0.3, -0.25) is 9.59 Å². The first-order valence-electron chi connectivity index (χ1n) is 8.06. The van der Waals surface area contributed by atoms with E-state index in [1.165, 1.54) is 0 Å². The summed E-state index contributed by atoms with van der Waals surface area (Å²) >= 11 is 0. The van der Waals surface area contributed by atoms with Gasteiger partial charge in [0.25, 0.3) is 11.8 Å². The molecule has 2 N–H and O–H groups in total. The highest BCUT2D eigenvalue weighted by molar-refractivity contribution is 6.04.